The predicted molar refractivity (Wildman–Crippen MR) is 73.0 cm³/mol. The van der Waals surface area contributed by atoms with Gasteiger partial charge in [-0.15, -0.1) is 0 Å². The molecular formula is C14H15ClO6. The summed E-state index contributed by atoms with van der Waals surface area (Å²) >= 11 is 5.75. The number of carbonyl (C=O) groups is 2. The summed E-state index contributed by atoms with van der Waals surface area (Å²) in [5.74, 6) is -0.499. The van der Waals surface area contributed by atoms with Crippen molar-refractivity contribution in [1.82, 2.24) is 0 Å². The standard InChI is InChI=1S/C14H15ClO6/c1-18-13-6-11(20-8-16)12(21-13)7-19-14(17)9-2-4-10(15)5-3-9/h2-5,8,11-13H,6-7H2,1H3. The minimum atomic E-state index is -0.545. The van der Waals surface area contributed by atoms with Crippen molar-refractivity contribution in [3.05, 3.63) is 34.9 Å². The number of benzene rings is 1. The number of halogens is 1. The average Bonchev–Trinajstić information content (AvgIpc) is 2.88. The van der Waals surface area contributed by atoms with Gasteiger partial charge in [0.25, 0.3) is 6.47 Å². The molecule has 0 aliphatic carbocycles. The van der Waals surface area contributed by atoms with E-state index in [1.54, 1.807) is 24.3 Å². The molecule has 0 amide bonds. The van der Waals surface area contributed by atoms with E-state index in [0.29, 0.717) is 23.5 Å². The van der Waals surface area contributed by atoms with Gasteiger partial charge in [-0.1, -0.05) is 11.6 Å². The lowest BCUT2D eigenvalue weighted by Crippen LogP contribution is -2.30. The molecule has 3 atom stereocenters. The monoisotopic (exact) mass is 314 g/mol. The fourth-order valence-electron chi connectivity index (χ4n) is 2.02. The summed E-state index contributed by atoms with van der Waals surface area (Å²) in [7, 11) is 1.49. The number of hydrogen-bond acceptors (Lipinski definition) is 6. The molecule has 3 unspecified atom stereocenters. The maximum Gasteiger partial charge on any atom is 0.338 e. The van der Waals surface area contributed by atoms with Crippen LogP contribution < -0.4 is 0 Å². The van der Waals surface area contributed by atoms with E-state index in [0.717, 1.165) is 0 Å². The van der Waals surface area contributed by atoms with E-state index in [4.69, 9.17) is 30.5 Å². The zero-order valence-electron chi connectivity index (χ0n) is 11.4. The molecule has 114 valence electrons. The first-order valence-electron chi connectivity index (χ1n) is 6.34. The molecule has 1 aromatic rings. The predicted octanol–water partition coefficient (Wildman–Crippen LogP) is 1.80. The molecule has 7 heteroatoms. The van der Waals surface area contributed by atoms with E-state index >= 15 is 0 Å². The Morgan fingerprint density at radius 2 is 2.14 bits per heavy atom. The lowest BCUT2D eigenvalue weighted by atomic mass is 10.2. The van der Waals surface area contributed by atoms with Gasteiger partial charge in [-0.2, -0.15) is 0 Å². The molecule has 6 nitrogen and oxygen atoms in total. The third kappa shape index (κ3) is 4.17. The van der Waals surface area contributed by atoms with Crippen molar-refractivity contribution >= 4 is 24.0 Å². The van der Waals surface area contributed by atoms with E-state index < -0.39 is 24.5 Å². The van der Waals surface area contributed by atoms with Gasteiger partial charge < -0.3 is 18.9 Å². The van der Waals surface area contributed by atoms with Crippen LogP contribution in [0.2, 0.25) is 5.02 Å². The van der Waals surface area contributed by atoms with Gasteiger partial charge in [0.15, 0.2) is 6.29 Å². The first kappa shape index (κ1) is 15.8. The summed E-state index contributed by atoms with van der Waals surface area (Å²) in [6.07, 6.45) is -1.12. The summed E-state index contributed by atoms with van der Waals surface area (Å²) in [6.45, 7) is 0.319. The summed E-state index contributed by atoms with van der Waals surface area (Å²) in [6, 6.07) is 6.34. The second-order valence-corrected chi connectivity index (χ2v) is 4.89. The molecule has 1 aromatic carbocycles. The van der Waals surface area contributed by atoms with Gasteiger partial charge >= 0.3 is 5.97 Å². The molecule has 0 saturated carbocycles. The molecule has 0 aromatic heterocycles. The minimum absolute atomic E-state index is 0.0279. The fraction of sp³-hybridized carbons (Fsp3) is 0.429. The highest BCUT2D eigenvalue weighted by Gasteiger charge is 2.37. The summed E-state index contributed by atoms with van der Waals surface area (Å²) in [5.41, 5.74) is 0.383. The Labute approximate surface area is 126 Å². The van der Waals surface area contributed by atoms with Crippen LogP contribution in [0.3, 0.4) is 0 Å². The molecule has 1 saturated heterocycles. The highest BCUT2D eigenvalue weighted by molar-refractivity contribution is 6.30. The second-order valence-electron chi connectivity index (χ2n) is 4.45. The maximum atomic E-state index is 11.9. The largest absolute Gasteiger partial charge is 0.461 e. The number of ether oxygens (including phenoxy) is 4. The quantitative estimate of drug-likeness (QED) is 0.589. The van der Waals surface area contributed by atoms with Crippen molar-refractivity contribution in [3.63, 3.8) is 0 Å². The molecule has 0 radical (unpaired) electrons. The highest BCUT2D eigenvalue weighted by Crippen LogP contribution is 2.24. The fourth-order valence-corrected chi connectivity index (χ4v) is 2.15. The highest BCUT2D eigenvalue weighted by atomic mass is 35.5. The lowest BCUT2D eigenvalue weighted by Gasteiger charge is -2.16. The van der Waals surface area contributed by atoms with Crippen LogP contribution in [0.15, 0.2) is 24.3 Å². The van der Waals surface area contributed by atoms with Gasteiger partial charge in [-0.05, 0) is 24.3 Å². The summed E-state index contributed by atoms with van der Waals surface area (Å²) in [5, 5.41) is 0.535. The van der Waals surface area contributed by atoms with Crippen LogP contribution in [-0.2, 0) is 23.7 Å². The number of methoxy groups -OCH3 is 1. The molecule has 2 rings (SSSR count). The Balaban J connectivity index is 1.90. The van der Waals surface area contributed by atoms with Crippen LogP contribution in [-0.4, -0.2) is 44.7 Å². The van der Waals surface area contributed by atoms with Crippen LogP contribution >= 0.6 is 11.6 Å². The van der Waals surface area contributed by atoms with Gasteiger partial charge in [0.1, 0.15) is 18.8 Å². The molecule has 21 heavy (non-hydrogen) atoms. The molecule has 1 heterocycles. The van der Waals surface area contributed by atoms with Crippen LogP contribution in [0.4, 0.5) is 0 Å². The van der Waals surface area contributed by atoms with Gasteiger partial charge in [-0.3, -0.25) is 4.79 Å². The lowest BCUT2D eigenvalue weighted by molar-refractivity contribution is -0.143. The second kappa shape index (κ2) is 7.40. The van der Waals surface area contributed by atoms with Gasteiger partial charge in [0, 0.05) is 18.6 Å². The van der Waals surface area contributed by atoms with Crippen LogP contribution in [0, 0.1) is 0 Å². The molecule has 1 aliphatic heterocycles. The maximum absolute atomic E-state index is 11.9. The molecule has 0 spiro atoms. The third-order valence-electron chi connectivity index (χ3n) is 3.12. The van der Waals surface area contributed by atoms with E-state index in [2.05, 4.69) is 0 Å². The third-order valence-corrected chi connectivity index (χ3v) is 3.37. The summed E-state index contributed by atoms with van der Waals surface area (Å²) in [4.78, 5) is 22.3. The Kier molecular flexibility index (Phi) is 5.55. The van der Waals surface area contributed by atoms with E-state index in [-0.39, 0.29) is 6.61 Å². The van der Waals surface area contributed by atoms with Crippen LogP contribution in [0.5, 0.6) is 0 Å². The van der Waals surface area contributed by atoms with E-state index in [1.807, 2.05) is 0 Å². The van der Waals surface area contributed by atoms with Gasteiger partial charge in [0.2, 0.25) is 0 Å². The van der Waals surface area contributed by atoms with Gasteiger partial charge in [0.05, 0.1) is 5.56 Å². The van der Waals surface area contributed by atoms with Crippen molar-refractivity contribution in [1.29, 1.82) is 0 Å². The first-order chi connectivity index (χ1) is 10.1. The topological polar surface area (TPSA) is 71.1 Å². The number of carbonyl (C=O) groups excluding carboxylic acids is 2. The zero-order chi connectivity index (χ0) is 15.2. The molecule has 0 bridgehead atoms. The van der Waals surface area contributed by atoms with Crippen molar-refractivity contribution in [2.75, 3.05) is 13.7 Å². The van der Waals surface area contributed by atoms with Crippen LogP contribution in [0.1, 0.15) is 16.8 Å². The Hall–Kier alpha value is -1.63. The van der Waals surface area contributed by atoms with Crippen molar-refractivity contribution in [2.45, 2.75) is 24.9 Å². The first-order valence-corrected chi connectivity index (χ1v) is 6.72. The Bertz CT molecular complexity index is 489. The normalized spacial score (nSPS) is 24.6. The van der Waals surface area contributed by atoms with Crippen molar-refractivity contribution in [2.24, 2.45) is 0 Å². The molecule has 1 aliphatic rings. The smallest absolute Gasteiger partial charge is 0.338 e. The number of hydrogen-bond donors (Lipinski definition) is 0. The SMILES string of the molecule is COC1CC(OC=O)C(COC(=O)c2ccc(Cl)cc2)O1. The molecule has 0 N–H and O–H groups in total. The minimum Gasteiger partial charge on any atom is -0.461 e. The summed E-state index contributed by atoms with van der Waals surface area (Å²) < 4.78 is 20.6. The number of esters is 1. The average molecular weight is 315 g/mol. The Morgan fingerprint density at radius 1 is 1.43 bits per heavy atom. The zero-order valence-corrected chi connectivity index (χ0v) is 12.1. The van der Waals surface area contributed by atoms with E-state index in [1.165, 1.54) is 7.11 Å². The Morgan fingerprint density at radius 3 is 2.76 bits per heavy atom. The van der Waals surface area contributed by atoms with Gasteiger partial charge in [-0.25, -0.2) is 4.79 Å². The van der Waals surface area contributed by atoms with Crippen molar-refractivity contribution in [3.8, 4) is 0 Å². The van der Waals surface area contributed by atoms with E-state index in [9.17, 15) is 9.59 Å². The van der Waals surface area contributed by atoms with Crippen LogP contribution in [0.25, 0.3) is 0 Å². The van der Waals surface area contributed by atoms with Crippen molar-refractivity contribution < 1.29 is 28.5 Å². The molecule has 1 fully saturated rings. The number of rotatable bonds is 6. The molecular weight excluding hydrogens is 300 g/mol.